The van der Waals surface area contributed by atoms with Crippen molar-refractivity contribution in [2.45, 2.75) is 26.2 Å². The topological polar surface area (TPSA) is 58.4 Å². The molecule has 22 heavy (non-hydrogen) atoms. The molecule has 5 nitrogen and oxygen atoms in total. The van der Waals surface area contributed by atoms with Gasteiger partial charge in [-0.15, -0.1) is 0 Å². The van der Waals surface area contributed by atoms with Crippen LogP contribution < -0.4 is 5.32 Å². The standard InChI is InChI=1S/C17H21N3O2/c1-13-11-16(19-22-13)18-17(21)20-9-7-15(8-10-20)12-14-5-3-2-4-6-14/h2-6,11,15H,7-10,12H2,1H3,(H,18,19,21). The average Bonchev–Trinajstić information content (AvgIpc) is 2.94. The van der Waals surface area contributed by atoms with E-state index in [2.05, 4.69) is 34.7 Å². The van der Waals surface area contributed by atoms with Crippen molar-refractivity contribution in [1.82, 2.24) is 10.1 Å². The van der Waals surface area contributed by atoms with Crippen LogP contribution in [0.15, 0.2) is 40.9 Å². The highest BCUT2D eigenvalue weighted by atomic mass is 16.5. The lowest BCUT2D eigenvalue weighted by molar-refractivity contribution is 0.182. The van der Waals surface area contributed by atoms with Crippen molar-refractivity contribution in [2.75, 3.05) is 18.4 Å². The van der Waals surface area contributed by atoms with Crippen LogP contribution >= 0.6 is 0 Å². The number of urea groups is 1. The molecule has 1 aromatic carbocycles. The van der Waals surface area contributed by atoms with E-state index in [1.165, 1.54) is 5.56 Å². The predicted molar refractivity (Wildman–Crippen MR) is 84.7 cm³/mol. The van der Waals surface area contributed by atoms with Gasteiger partial charge in [0.05, 0.1) is 0 Å². The van der Waals surface area contributed by atoms with Gasteiger partial charge in [-0.3, -0.25) is 5.32 Å². The number of amides is 2. The van der Waals surface area contributed by atoms with Crippen LogP contribution in [0.5, 0.6) is 0 Å². The van der Waals surface area contributed by atoms with Gasteiger partial charge in [0.1, 0.15) is 5.76 Å². The zero-order valence-corrected chi connectivity index (χ0v) is 12.8. The Balaban J connectivity index is 1.48. The first-order valence-electron chi connectivity index (χ1n) is 7.74. The van der Waals surface area contributed by atoms with Gasteiger partial charge in [0, 0.05) is 19.2 Å². The van der Waals surface area contributed by atoms with Crippen LogP contribution in [-0.4, -0.2) is 29.2 Å². The van der Waals surface area contributed by atoms with Gasteiger partial charge >= 0.3 is 6.03 Å². The van der Waals surface area contributed by atoms with E-state index < -0.39 is 0 Å². The third-order valence-corrected chi connectivity index (χ3v) is 4.13. The Hall–Kier alpha value is -2.30. The van der Waals surface area contributed by atoms with E-state index in [4.69, 9.17) is 4.52 Å². The first-order valence-corrected chi connectivity index (χ1v) is 7.74. The van der Waals surface area contributed by atoms with E-state index in [0.717, 1.165) is 32.4 Å². The van der Waals surface area contributed by atoms with E-state index in [-0.39, 0.29) is 6.03 Å². The molecular formula is C17H21N3O2. The largest absolute Gasteiger partial charge is 0.360 e. The zero-order chi connectivity index (χ0) is 15.4. The number of piperidine rings is 1. The quantitative estimate of drug-likeness (QED) is 0.944. The number of likely N-dealkylation sites (tertiary alicyclic amines) is 1. The van der Waals surface area contributed by atoms with Crippen LogP contribution in [-0.2, 0) is 6.42 Å². The fourth-order valence-corrected chi connectivity index (χ4v) is 2.90. The number of carbonyl (C=O) groups excluding carboxylic acids is 1. The summed E-state index contributed by atoms with van der Waals surface area (Å²) >= 11 is 0. The fraction of sp³-hybridized carbons (Fsp3) is 0.412. The number of hydrogen-bond donors (Lipinski definition) is 1. The summed E-state index contributed by atoms with van der Waals surface area (Å²) in [6, 6.07) is 12.2. The fourth-order valence-electron chi connectivity index (χ4n) is 2.90. The van der Waals surface area contributed by atoms with Gasteiger partial charge in [-0.2, -0.15) is 0 Å². The van der Waals surface area contributed by atoms with E-state index >= 15 is 0 Å². The molecule has 1 fully saturated rings. The van der Waals surface area contributed by atoms with Crippen molar-refractivity contribution in [1.29, 1.82) is 0 Å². The van der Waals surface area contributed by atoms with Crippen LogP contribution in [0, 0.1) is 12.8 Å². The molecule has 2 heterocycles. The van der Waals surface area contributed by atoms with Gasteiger partial charge in [0.2, 0.25) is 0 Å². The van der Waals surface area contributed by atoms with Crippen molar-refractivity contribution in [2.24, 2.45) is 5.92 Å². The van der Waals surface area contributed by atoms with Crippen LogP contribution in [0.3, 0.4) is 0 Å². The lowest BCUT2D eigenvalue weighted by Crippen LogP contribution is -2.41. The third-order valence-electron chi connectivity index (χ3n) is 4.13. The second-order valence-electron chi connectivity index (χ2n) is 5.87. The summed E-state index contributed by atoms with van der Waals surface area (Å²) in [5, 5.41) is 6.57. The number of aromatic nitrogens is 1. The Kier molecular flexibility index (Phi) is 4.42. The molecule has 1 aliphatic rings. The summed E-state index contributed by atoms with van der Waals surface area (Å²) in [7, 11) is 0. The first kappa shape index (κ1) is 14.6. The SMILES string of the molecule is Cc1cc(NC(=O)N2CCC(Cc3ccccc3)CC2)no1. The molecule has 0 atom stereocenters. The molecular weight excluding hydrogens is 278 g/mol. The maximum Gasteiger partial charge on any atom is 0.323 e. The molecule has 0 radical (unpaired) electrons. The molecule has 1 N–H and O–H groups in total. The molecule has 0 spiro atoms. The molecule has 0 aliphatic carbocycles. The van der Waals surface area contributed by atoms with E-state index in [1.54, 1.807) is 13.0 Å². The Bertz CT molecular complexity index is 616. The molecule has 1 aromatic heterocycles. The molecule has 0 unspecified atom stereocenters. The molecule has 0 saturated carbocycles. The molecule has 2 amide bonds. The molecule has 0 bridgehead atoms. The normalized spacial score (nSPS) is 15.8. The first-order chi connectivity index (χ1) is 10.7. The highest BCUT2D eigenvalue weighted by Crippen LogP contribution is 2.22. The minimum atomic E-state index is -0.0912. The summed E-state index contributed by atoms with van der Waals surface area (Å²) in [5.74, 6) is 1.83. The summed E-state index contributed by atoms with van der Waals surface area (Å²) in [5.41, 5.74) is 1.38. The summed E-state index contributed by atoms with van der Waals surface area (Å²) in [6.07, 6.45) is 3.18. The molecule has 3 rings (SSSR count). The molecule has 1 aliphatic heterocycles. The average molecular weight is 299 g/mol. The Labute approximate surface area is 130 Å². The maximum atomic E-state index is 12.2. The van der Waals surface area contributed by atoms with E-state index in [0.29, 0.717) is 17.5 Å². The monoisotopic (exact) mass is 299 g/mol. The van der Waals surface area contributed by atoms with Crippen LogP contribution in [0.4, 0.5) is 10.6 Å². The number of carbonyl (C=O) groups is 1. The lowest BCUT2D eigenvalue weighted by Gasteiger charge is -2.31. The number of benzene rings is 1. The van der Waals surface area contributed by atoms with Gasteiger partial charge in [-0.25, -0.2) is 4.79 Å². The van der Waals surface area contributed by atoms with Crippen molar-refractivity contribution in [3.63, 3.8) is 0 Å². The second kappa shape index (κ2) is 6.64. The number of nitrogens with one attached hydrogen (secondary N) is 1. The molecule has 2 aromatic rings. The molecule has 116 valence electrons. The van der Waals surface area contributed by atoms with Crippen LogP contribution in [0.2, 0.25) is 0 Å². The van der Waals surface area contributed by atoms with Crippen molar-refractivity contribution >= 4 is 11.8 Å². The van der Waals surface area contributed by atoms with Crippen LogP contribution in [0.1, 0.15) is 24.2 Å². The minimum absolute atomic E-state index is 0.0912. The summed E-state index contributed by atoms with van der Waals surface area (Å²) in [6.45, 7) is 3.39. The lowest BCUT2D eigenvalue weighted by atomic mass is 9.90. The predicted octanol–water partition coefficient (Wildman–Crippen LogP) is 3.47. The number of anilines is 1. The Morgan fingerprint density at radius 2 is 2.05 bits per heavy atom. The molecule has 5 heteroatoms. The van der Waals surface area contributed by atoms with Crippen LogP contribution in [0.25, 0.3) is 0 Å². The highest BCUT2D eigenvalue weighted by Gasteiger charge is 2.23. The van der Waals surface area contributed by atoms with Crippen molar-refractivity contribution in [3.8, 4) is 0 Å². The highest BCUT2D eigenvalue weighted by molar-refractivity contribution is 5.88. The number of hydrogen-bond acceptors (Lipinski definition) is 3. The van der Waals surface area contributed by atoms with Gasteiger partial charge in [-0.1, -0.05) is 35.5 Å². The smallest absolute Gasteiger partial charge is 0.323 e. The Morgan fingerprint density at radius 3 is 2.68 bits per heavy atom. The number of aryl methyl sites for hydroxylation is 1. The number of nitrogens with zero attached hydrogens (tertiary/aromatic N) is 2. The van der Waals surface area contributed by atoms with Crippen molar-refractivity contribution in [3.05, 3.63) is 47.7 Å². The van der Waals surface area contributed by atoms with Gasteiger partial charge in [0.15, 0.2) is 5.82 Å². The van der Waals surface area contributed by atoms with Gasteiger partial charge in [0.25, 0.3) is 0 Å². The van der Waals surface area contributed by atoms with E-state index in [9.17, 15) is 4.79 Å². The van der Waals surface area contributed by atoms with E-state index in [1.807, 2.05) is 11.0 Å². The summed E-state index contributed by atoms with van der Waals surface area (Å²) < 4.78 is 4.95. The van der Waals surface area contributed by atoms with Gasteiger partial charge in [-0.05, 0) is 37.7 Å². The van der Waals surface area contributed by atoms with Crippen molar-refractivity contribution < 1.29 is 9.32 Å². The van der Waals surface area contributed by atoms with Gasteiger partial charge < -0.3 is 9.42 Å². The minimum Gasteiger partial charge on any atom is -0.360 e. The third kappa shape index (κ3) is 3.67. The second-order valence-corrected chi connectivity index (χ2v) is 5.87. The summed E-state index contributed by atoms with van der Waals surface area (Å²) in [4.78, 5) is 14.0. The Morgan fingerprint density at radius 1 is 1.32 bits per heavy atom. The maximum absolute atomic E-state index is 12.2. The number of rotatable bonds is 3. The zero-order valence-electron chi connectivity index (χ0n) is 12.8. The molecule has 1 saturated heterocycles.